The van der Waals surface area contributed by atoms with Gasteiger partial charge < -0.3 is 10.5 Å². The molecule has 1 amide bonds. The van der Waals surface area contributed by atoms with Crippen LogP contribution in [0.1, 0.15) is 20.8 Å². The van der Waals surface area contributed by atoms with Crippen molar-refractivity contribution in [2.75, 3.05) is 0 Å². The smallest absolute Gasteiger partial charge is 0.143 e. The van der Waals surface area contributed by atoms with Crippen LogP contribution in [0.15, 0.2) is 0 Å². The van der Waals surface area contributed by atoms with E-state index in [4.69, 9.17) is 5.73 Å². The number of carbonyl (C=O) groups is 2. The van der Waals surface area contributed by atoms with Crippen LogP contribution in [0.3, 0.4) is 0 Å². The van der Waals surface area contributed by atoms with E-state index in [2.05, 4.69) is 0 Å². The number of Topliss-reactive ketones (excluding diaryl/α,β-unsaturated/α-hetero) is 1. The molecule has 0 rings (SSSR count). The minimum absolute atomic E-state index is 0. The third kappa shape index (κ3) is 4.64. The maximum absolute atomic E-state index is 10.9. The first kappa shape index (κ1) is 13.8. The first-order chi connectivity index (χ1) is 4.46. The Morgan fingerprint density at radius 1 is 1.18 bits per heavy atom. The number of amides is 1. The Balaban J connectivity index is 0. The summed E-state index contributed by atoms with van der Waals surface area (Å²) in [6.07, 6.45) is 0. The molecule has 1 atom stereocenters. The van der Waals surface area contributed by atoms with E-state index in [1.165, 1.54) is 6.92 Å². The molecule has 0 bridgehead atoms. The molecule has 0 heterocycles. The molecular weight excluding hydrogens is 219 g/mol. The van der Waals surface area contributed by atoms with Gasteiger partial charge in [0.2, 0.25) is 0 Å². The van der Waals surface area contributed by atoms with Gasteiger partial charge in [-0.3, -0.25) is 4.79 Å². The van der Waals surface area contributed by atoms with Crippen LogP contribution >= 0.6 is 0 Å². The summed E-state index contributed by atoms with van der Waals surface area (Å²) in [7, 11) is 0. The maximum atomic E-state index is 10.9. The Morgan fingerprint density at radius 3 is 1.64 bits per heavy atom. The van der Waals surface area contributed by atoms with Crippen molar-refractivity contribution in [1.82, 2.24) is 0 Å². The van der Waals surface area contributed by atoms with Gasteiger partial charge >= 0.3 is 0 Å². The van der Waals surface area contributed by atoms with Crippen LogP contribution in [0.2, 0.25) is 0 Å². The largest absolute Gasteiger partial charge is 0.667 e. The first-order valence-corrected chi connectivity index (χ1v) is 3.26. The quantitative estimate of drug-likeness (QED) is 0.689. The molecule has 0 saturated heterocycles. The summed E-state index contributed by atoms with van der Waals surface area (Å²) < 4.78 is 0. The average molecular weight is 231 g/mol. The second-order valence-electron chi connectivity index (χ2n) is 2.64. The van der Waals surface area contributed by atoms with Gasteiger partial charge in [-0.15, -0.1) is 0 Å². The standard InChI is InChI=1S/C7H13NO2.Y/c1-4(2)6(9)5(3)7(8)10;/h4-5H,1-3H3,(H2,8,10);/p-1. The van der Waals surface area contributed by atoms with Gasteiger partial charge in [0.05, 0.1) is 11.8 Å². The Kier molecular flexibility index (Phi) is 7.33. The zero-order valence-electron chi connectivity index (χ0n) is 7.05. The fourth-order valence-corrected chi connectivity index (χ4v) is 0.629. The van der Waals surface area contributed by atoms with Gasteiger partial charge in [-0.25, -0.2) is 0 Å². The second kappa shape index (κ2) is 5.84. The first-order valence-electron chi connectivity index (χ1n) is 3.26. The van der Waals surface area contributed by atoms with Crippen molar-refractivity contribution < 1.29 is 42.3 Å². The minimum Gasteiger partial charge on any atom is -0.667 e. The summed E-state index contributed by atoms with van der Waals surface area (Å²) in [4.78, 5) is 21.3. The molecule has 0 aliphatic carbocycles. The van der Waals surface area contributed by atoms with Gasteiger partial charge in [-0.1, -0.05) is 20.8 Å². The molecule has 61 valence electrons. The maximum Gasteiger partial charge on any atom is 0.143 e. The van der Waals surface area contributed by atoms with Gasteiger partial charge in [0, 0.05) is 38.6 Å². The second-order valence-corrected chi connectivity index (χ2v) is 2.64. The Bertz CT molecular complexity index is 157. The normalized spacial score (nSPS) is 12.0. The van der Waals surface area contributed by atoms with Crippen molar-refractivity contribution in [3.05, 3.63) is 5.73 Å². The molecule has 0 fully saturated rings. The third-order valence-corrected chi connectivity index (χ3v) is 1.39. The van der Waals surface area contributed by atoms with E-state index in [0.29, 0.717) is 0 Å². The zero-order chi connectivity index (χ0) is 8.31. The Hall–Kier alpha value is 0.244. The minimum atomic E-state index is -0.793. The number of ketones is 1. The zero-order valence-corrected chi connectivity index (χ0v) is 9.89. The summed E-state index contributed by atoms with van der Waals surface area (Å²) in [5, 5.41) is 0. The molecular formula is C7H12NO2Y-. The summed E-state index contributed by atoms with van der Waals surface area (Å²) in [5.41, 5.74) is 6.65. The molecule has 11 heavy (non-hydrogen) atoms. The molecule has 0 spiro atoms. The van der Waals surface area contributed by atoms with Crippen LogP contribution in [-0.4, -0.2) is 11.7 Å². The monoisotopic (exact) mass is 231 g/mol. The summed E-state index contributed by atoms with van der Waals surface area (Å²) in [6.45, 7) is 4.92. The predicted octanol–water partition coefficient (Wildman–Crippen LogP) is 1.42. The number of rotatable bonds is 3. The van der Waals surface area contributed by atoms with E-state index in [9.17, 15) is 9.59 Å². The van der Waals surface area contributed by atoms with Crippen molar-refractivity contribution >= 4 is 11.7 Å². The van der Waals surface area contributed by atoms with Crippen LogP contribution in [0.5, 0.6) is 0 Å². The molecule has 1 radical (unpaired) electrons. The summed E-state index contributed by atoms with van der Waals surface area (Å²) >= 11 is 0. The molecule has 1 N–H and O–H groups in total. The predicted molar refractivity (Wildman–Crippen MR) is 38.3 cm³/mol. The molecule has 0 aromatic heterocycles. The molecule has 0 aromatic carbocycles. The molecule has 0 aliphatic rings. The van der Waals surface area contributed by atoms with Crippen LogP contribution in [0.4, 0.5) is 0 Å². The van der Waals surface area contributed by atoms with E-state index in [0.717, 1.165) is 0 Å². The topological polar surface area (TPSA) is 57.9 Å². The fraction of sp³-hybridized carbons (Fsp3) is 0.714. The Labute approximate surface area is 92.0 Å². The third-order valence-electron chi connectivity index (χ3n) is 1.39. The van der Waals surface area contributed by atoms with Crippen molar-refractivity contribution in [2.45, 2.75) is 20.8 Å². The molecule has 0 aliphatic heterocycles. The number of nitrogens with one attached hydrogen (secondary N) is 1. The van der Waals surface area contributed by atoms with Crippen LogP contribution in [0, 0.1) is 11.8 Å². The Morgan fingerprint density at radius 2 is 1.55 bits per heavy atom. The van der Waals surface area contributed by atoms with E-state index < -0.39 is 11.8 Å². The summed E-state index contributed by atoms with van der Waals surface area (Å²) in [6, 6.07) is 0. The number of hydrogen-bond donors (Lipinski definition) is 0. The van der Waals surface area contributed by atoms with Crippen molar-refractivity contribution in [3.8, 4) is 0 Å². The van der Waals surface area contributed by atoms with Crippen molar-refractivity contribution in [1.29, 1.82) is 0 Å². The van der Waals surface area contributed by atoms with E-state index >= 15 is 0 Å². The van der Waals surface area contributed by atoms with Crippen LogP contribution in [-0.2, 0) is 42.3 Å². The SMILES string of the molecule is CC(C)C(=O)C(C)C([NH-])=O.[Y]. The van der Waals surface area contributed by atoms with E-state index in [-0.39, 0.29) is 44.4 Å². The van der Waals surface area contributed by atoms with Crippen LogP contribution in [0.25, 0.3) is 5.73 Å². The van der Waals surface area contributed by atoms with Gasteiger partial charge in [-0.05, 0) is 0 Å². The average Bonchev–Trinajstić information content (AvgIpc) is 1.84. The van der Waals surface area contributed by atoms with Crippen molar-refractivity contribution in [2.24, 2.45) is 11.8 Å². The van der Waals surface area contributed by atoms with E-state index in [1.807, 2.05) is 0 Å². The summed E-state index contributed by atoms with van der Waals surface area (Å²) in [5.74, 6) is -1.84. The van der Waals surface area contributed by atoms with Gasteiger partial charge in [0.1, 0.15) is 5.78 Å². The number of hydrogen-bond acceptors (Lipinski definition) is 2. The van der Waals surface area contributed by atoms with Gasteiger partial charge in [0.25, 0.3) is 0 Å². The van der Waals surface area contributed by atoms with Crippen molar-refractivity contribution in [3.63, 3.8) is 0 Å². The van der Waals surface area contributed by atoms with E-state index in [1.54, 1.807) is 13.8 Å². The molecule has 3 nitrogen and oxygen atoms in total. The van der Waals surface area contributed by atoms with Gasteiger partial charge in [0.15, 0.2) is 0 Å². The van der Waals surface area contributed by atoms with Crippen LogP contribution < -0.4 is 0 Å². The molecule has 1 unspecified atom stereocenters. The molecule has 4 heteroatoms. The fourth-order valence-electron chi connectivity index (χ4n) is 0.629. The molecule has 0 aromatic rings. The van der Waals surface area contributed by atoms with Gasteiger partial charge in [-0.2, -0.15) is 0 Å². The molecule has 0 saturated carbocycles. The number of carbonyl (C=O) groups excluding carboxylic acids is 2.